The molecule has 0 amide bonds. The van der Waals surface area contributed by atoms with E-state index in [0.717, 1.165) is 10.7 Å². The highest BCUT2D eigenvalue weighted by molar-refractivity contribution is 7.09. The Bertz CT molecular complexity index is 263. The number of aryl methyl sites for hydroxylation is 1. The van der Waals surface area contributed by atoms with Crippen molar-refractivity contribution >= 4 is 11.3 Å². The summed E-state index contributed by atoms with van der Waals surface area (Å²) in [6, 6.07) is 0. The lowest BCUT2D eigenvalue weighted by Gasteiger charge is -2.26. The van der Waals surface area contributed by atoms with Crippen LogP contribution in [0.2, 0.25) is 0 Å². The van der Waals surface area contributed by atoms with Gasteiger partial charge in [0.2, 0.25) is 0 Å². The van der Waals surface area contributed by atoms with Crippen LogP contribution in [0.15, 0.2) is 5.38 Å². The van der Waals surface area contributed by atoms with Gasteiger partial charge in [0.1, 0.15) is 0 Å². The minimum Gasteiger partial charge on any atom is -0.320 e. The largest absolute Gasteiger partial charge is 0.320 e. The fourth-order valence-electron chi connectivity index (χ4n) is 0.907. The molecule has 2 nitrogen and oxygen atoms in total. The number of nitrogens with zero attached hydrogens (tertiary/aromatic N) is 1. The third-order valence-electron chi connectivity index (χ3n) is 2.37. The quantitative estimate of drug-likeness (QED) is 0.766. The molecule has 1 rings (SSSR count). The zero-order valence-electron chi connectivity index (χ0n) is 8.09. The average Bonchev–Trinajstić information content (AvgIpc) is 2.35. The molecule has 1 aromatic rings. The predicted octanol–water partition coefficient (Wildman–Crippen LogP) is 2.28. The van der Waals surface area contributed by atoms with E-state index >= 15 is 0 Å². The van der Waals surface area contributed by atoms with Gasteiger partial charge in [-0.05, 0) is 19.8 Å². The topological polar surface area (TPSA) is 38.9 Å². The first-order valence-electron chi connectivity index (χ1n) is 4.16. The van der Waals surface area contributed by atoms with E-state index in [0.29, 0.717) is 5.92 Å². The molecule has 68 valence electrons. The molecule has 0 aliphatic carbocycles. The summed E-state index contributed by atoms with van der Waals surface area (Å²) in [6.45, 7) is 8.28. The van der Waals surface area contributed by atoms with E-state index in [1.54, 1.807) is 11.3 Å². The smallest absolute Gasteiger partial charge is 0.0898 e. The van der Waals surface area contributed by atoms with Crippen molar-refractivity contribution in [3.8, 4) is 0 Å². The van der Waals surface area contributed by atoms with Crippen molar-refractivity contribution in [3.05, 3.63) is 16.1 Å². The number of aromatic nitrogens is 1. The maximum atomic E-state index is 6.14. The molecule has 1 heterocycles. The van der Waals surface area contributed by atoms with Crippen LogP contribution in [-0.4, -0.2) is 4.98 Å². The van der Waals surface area contributed by atoms with Crippen LogP contribution >= 0.6 is 11.3 Å². The van der Waals surface area contributed by atoms with Crippen LogP contribution in [0, 0.1) is 12.8 Å². The average molecular weight is 184 g/mol. The van der Waals surface area contributed by atoms with Gasteiger partial charge in [-0.25, -0.2) is 4.98 Å². The lowest BCUT2D eigenvalue weighted by atomic mass is 9.87. The van der Waals surface area contributed by atoms with Crippen LogP contribution in [0.5, 0.6) is 0 Å². The summed E-state index contributed by atoms with van der Waals surface area (Å²) >= 11 is 1.66. The second-order valence-electron chi connectivity index (χ2n) is 3.69. The molecule has 1 unspecified atom stereocenters. The van der Waals surface area contributed by atoms with Crippen LogP contribution in [0.4, 0.5) is 0 Å². The molecule has 0 aromatic carbocycles. The molecule has 0 spiro atoms. The normalized spacial score (nSPS) is 16.5. The van der Waals surface area contributed by atoms with Gasteiger partial charge in [0.25, 0.3) is 0 Å². The van der Waals surface area contributed by atoms with Crippen molar-refractivity contribution in [1.29, 1.82) is 0 Å². The summed E-state index contributed by atoms with van der Waals surface area (Å²) in [4.78, 5) is 4.40. The molecule has 1 aromatic heterocycles. The molecule has 3 heteroatoms. The lowest BCUT2D eigenvalue weighted by molar-refractivity contribution is 0.342. The second-order valence-corrected chi connectivity index (χ2v) is 4.75. The summed E-state index contributed by atoms with van der Waals surface area (Å²) in [7, 11) is 0. The van der Waals surface area contributed by atoms with Gasteiger partial charge in [0.15, 0.2) is 0 Å². The fourth-order valence-corrected chi connectivity index (χ4v) is 1.65. The van der Waals surface area contributed by atoms with Crippen LogP contribution in [0.25, 0.3) is 0 Å². The highest BCUT2D eigenvalue weighted by Gasteiger charge is 2.27. The summed E-state index contributed by atoms with van der Waals surface area (Å²) in [5, 5.41) is 3.14. The van der Waals surface area contributed by atoms with E-state index in [1.807, 2.05) is 13.8 Å². The monoisotopic (exact) mass is 184 g/mol. The third kappa shape index (κ3) is 1.67. The van der Waals surface area contributed by atoms with Gasteiger partial charge in [0.05, 0.1) is 16.2 Å². The van der Waals surface area contributed by atoms with Crippen LogP contribution in [0.1, 0.15) is 31.5 Å². The Hall–Kier alpha value is -0.410. The van der Waals surface area contributed by atoms with Gasteiger partial charge in [-0.3, -0.25) is 0 Å². The number of nitrogens with two attached hydrogens (primary N) is 1. The maximum absolute atomic E-state index is 6.14. The van der Waals surface area contributed by atoms with Crippen molar-refractivity contribution < 1.29 is 0 Å². The number of rotatable bonds is 2. The van der Waals surface area contributed by atoms with Crippen LogP contribution in [-0.2, 0) is 5.54 Å². The van der Waals surface area contributed by atoms with Crippen LogP contribution in [0.3, 0.4) is 0 Å². The highest BCUT2D eigenvalue weighted by atomic mass is 32.1. The Morgan fingerprint density at radius 2 is 2.17 bits per heavy atom. The van der Waals surface area contributed by atoms with Crippen molar-refractivity contribution in [1.82, 2.24) is 4.98 Å². The Balaban J connectivity index is 2.97. The fraction of sp³-hybridized carbons (Fsp3) is 0.667. The summed E-state index contributed by atoms with van der Waals surface area (Å²) < 4.78 is 0. The van der Waals surface area contributed by atoms with Gasteiger partial charge in [0, 0.05) is 5.38 Å². The van der Waals surface area contributed by atoms with Gasteiger partial charge < -0.3 is 5.73 Å². The maximum Gasteiger partial charge on any atom is 0.0898 e. The predicted molar refractivity (Wildman–Crippen MR) is 53.2 cm³/mol. The van der Waals surface area contributed by atoms with E-state index in [-0.39, 0.29) is 5.54 Å². The molecule has 2 N–H and O–H groups in total. The third-order valence-corrected chi connectivity index (χ3v) is 3.14. The van der Waals surface area contributed by atoms with Crippen molar-refractivity contribution in [2.75, 3.05) is 0 Å². The summed E-state index contributed by atoms with van der Waals surface area (Å²) in [5.41, 5.74) is 6.87. The first-order chi connectivity index (χ1) is 5.44. The Labute approximate surface area is 77.8 Å². The molecule has 0 aliphatic heterocycles. The zero-order valence-corrected chi connectivity index (χ0v) is 8.90. The minimum absolute atomic E-state index is 0.287. The molecule has 0 aliphatic rings. The highest BCUT2D eigenvalue weighted by Crippen LogP contribution is 2.26. The zero-order chi connectivity index (χ0) is 9.35. The van der Waals surface area contributed by atoms with Gasteiger partial charge in [-0.2, -0.15) is 0 Å². The van der Waals surface area contributed by atoms with E-state index in [1.165, 1.54) is 0 Å². The first-order valence-corrected chi connectivity index (χ1v) is 5.04. The van der Waals surface area contributed by atoms with E-state index in [4.69, 9.17) is 5.73 Å². The van der Waals surface area contributed by atoms with Crippen molar-refractivity contribution in [2.45, 2.75) is 33.2 Å². The van der Waals surface area contributed by atoms with Gasteiger partial charge in [-0.15, -0.1) is 11.3 Å². The molecule has 12 heavy (non-hydrogen) atoms. The first kappa shape index (κ1) is 9.68. The Morgan fingerprint density at radius 3 is 2.50 bits per heavy atom. The molecule has 1 atom stereocenters. The molecular formula is C9H16N2S. The van der Waals surface area contributed by atoms with E-state index in [2.05, 4.69) is 24.2 Å². The second kappa shape index (κ2) is 3.15. The molecule has 0 bridgehead atoms. The summed E-state index contributed by atoms with van der Waals surface area (Å²) in [5.74, 6) is 0.416. The SMILES string of the molecule is Cc1nc(C(C)(N)C(C)C)cs1. The minimum atomic E-state index is -0.287. The number of thiazole rings is 1. The Kier molecular flexibility index (Phi) is 2.54. The van der Waals surface area contributed by atoms with E-state index in [9.17, 15) is 0 Å². The van der Waals surface area contributed by atoms with Gasteiger partial charge in [-0.1, -0.05) is 13.8 Å². The summed E-state index contributed by atoms with van der Waals surface area (Å²) in [6.07, 6.45) is 0. The molecule has 0 saturated heterocycles. The molecule has 0 fully saturated rings. The molecular weight excluding hydrogens is 168 g/mol. The van der Waals surface area contributed by atoms with Crippen molar-refractivity contribution in [3.63, 3.8) is 0 Å². The standard InChI is InChI=1S/C9H16N2S/c1-6(2)9(4,10)8-5-12-7(3)11-8/h5-6H,10H2,1-4H3. The number of hydrogen-bond donors (Lipinski definition) is 1. The molecule has 0 radical (unpaired) electrons. The van der Waals surface area contributed by atoms with Crippen LogP contribution < -0.4 is 5.73 Å². The Morgan fingerprint density at radius 1 is 1.58 bits per heavy atom. The van der Waals surface area contributed by atoms with E-state index < -0.39 is 0 Å². The van der Waals surface area contributed by atoms with Crippen molar-refractivity contribution in [2.24, 2.45) is 11.7 Å². The van der Waals surface area contributed by atoms with Gasteiger partial charge >= 0.3 is 0 Å². The number of hydrogen-bond acceptors (Lipinski definition) is 3. The molecule has 0 saturated carbocycles. The lowest BCUT2D eigenvalue weighted by Crippen LogP contribution is -2.38.